The number of nitrogens with one attached hydrogen (secondary N) is 1. The lowest BCUT2D eigenvalue weighted by atomic mass is 10.3. The minimum Gasteiger partial charge on any atom is -0.497 e. The highest BCUT2D eigenvalue weighted by Gasteiger charge is 2.06. The maximum atomic E-state index is 11.3. The molecule has 0 aliphatic carbocycles. The molecule has 0 unspecified atom stereocenters. The van der Waals surface area contributed by atoms with Gasteiger partial charge in [-0.2, -0.15) is 0 Å². The van der Waals surface area contributed by atoms with E-state index in [9.17, 15) is 4.79 Å². The Morgan fingerprint density at radius 2 is 2.33 bits per heavy atom. The summed E-state index contributed by atoms with van der Waals surface area (Å²) in [4.78, 5) is 11.3. The quantitative estimate of drug-likeness (QED) is 0.866. The Balaban J connectivity index is 2.79. The van der Waals surface area contributed by atoms with Gasteiger partial charge < -0.3 is 10.1 Å². The Morgan fingerprint density at radius 3 is 2.93 bits per heavy atom. The molecule has 0 spiro atoms. The molecule has 0 bridgehead atoms. The largest absolute Gasteiger partial charge is 0.497 e. The Hall–Kier alpha value is -0.740. The van der Waals surface area contributed by atoms with Gasteiger partial charge in [-0.3, -0.25) is 4.79 Å². The van der Waals surface area contributed by atoms with Gasteiger partial charge in [-0.15, -0.1) is 0 Å². The SMILES string of the molecule is COc1ccc(Cl)c(NC(=O)CCBr)c1. The highest BCUT2D eigenvalue weighted by atomic mass is 79.9. The van der Waals surface area contributed by atoms with Crippen molar-refractivity contribution in [1.82, 2.24) is 0 Å². The Kier molecular flexibility index (Phi) is 4.91. The van der Waals surface area contributed by atoms with Crippen LogP contribution < -0.4 is 10.1 Å². The summed E-state index contributed by atoms with van der Waals surface area (Å²) in [5.41, 5.74) is 0.571. The third-order valence-corrected chi connectivity index (χ3v) is 2.50. The number of carbonyl (C=O) groups excluding carboxylic acids is 1. The smallest absolute Gasteiger partial charge is 0.225 e. The van der Waals surface area contributed by atoms with Crippen LogP contribution in [0, 0.1) is 0 Å². The molecule has 1 aromatic rings. The predicted molar refractivity (Wildman–Crippen MR) is 65.0 cm³/mol. The molecule has 0 fully saturated rings. The van der Waals surface area contributed by atoms with Crippen molar-refractivity contribution < 1.29 is 9.53 Å². The Morgan fingerprint density at radius 1 is 1.60 bits per heavy atom. The molecule has 3 nitrogen and oxygen atoms in total. The van der Waals surface area contributed by atoms with E-state index in [1.54, 1.807) is 25.3 Å². The monoisotopic (exact) mass is 291 g/mol. The number of halogens is 2. The average Bonchev–Trinajstić information content (AvgIpc) is 2.21. The summed E-state index contributed by atoms with van der Waals surface area (Å²) in [5, 5.41) is 3.83. The molecule has 15 heavy (non-hydrogen) atoms. The number of ether oxygens (including phenoxy) is 1. The van der Waals surface area contributed by atoms with Crippen molar-refractivity contribution in [2.45, 2.75) is 6.42 Å². The van der Waals surface area contributed by atoms with E-state index < -0.39 is 0 Å². The van der Waals surface area contributed by atoms with Gasteiger partial charge in [0.25, 0.3) is 0 Å². The van der Waals surface area contributed by atoms with Crippen LogP contribution in [0.3, 0.4) is 0 Å². The van der Waals surface area contributed by atoms with Crippen LogP contribution >= 0.6 is 27.5 Å². The van der Waals surface area contributed by atoms with Gasteiger partial charge in [0, 0.05) is 17.8 Å². The third kappa shape index (κ3) is 3.72. The van der Waals surface area contributed by atoms with Gasteiger partial charge in [-0.25, -0.2) is 0 Å². The van der Waals surface area contributed by atoms with E-state index in [2.05, 4.69) is 21.2 Å². The molecule has 0 heterocycles. The van der Waals surface area contributed by atoms with Crippen LogP contribution in [0.4, 0.5) is 5.69 Å². The molecule has 1 amide bonds. The van der Waals surface area contributed by atoms with Crippen LogP contribution in [0.25, 0.3) is 0 Å². The third-order valence-electron chi connectivity index (χ3n) is 1.77. The molecule has 0 saturated carbocycles. The standard InChI is InChI=1S/C10H11BrClNO2/c1-15-7-2-3-8(12)9(6-7)13-10(14)4-5-11/h2-3,6H,4-5H2,1H3,(H,13,14). The van der Waals surface area contributed by atoms with Crippen LogP contribution in [-0.2, 0) is 4.79 Å². The zero-order valence-corrected chi connectivity index (χ0v) is 10.6. The van der Waals surface area contributed by atoms with E-state index in [1.165, 1.54) is 0 Å². The second kappa shape index (κ2) is 5.98. The lowest BCUT2D eigenvalue weighted by molar-refractivity contribution is -0.115. The summed E-state index contributed by atoms with van der Waals surface area (Å²) in [6.07, 6.45) is 0.410. The zero-order valence-electron chi connectivity index (χ0n) is 8.22. The van der Waals surface area contributed by atoms with E-state index in [0.29, 0.717) is 28.2 Å². The predicted octanol–water partition coefficient (Wildman–Crippen LogP) is 3.07. The highest BCUT2D eigenvalue weighted by molar-refractivity contribution is 9.09. The maximum absolute atomic E-state index is 11.3. The van der Waals surface area contributed by atoms with E-state index in [0.717, 1.165) is 0 Å². The van der Waals surface area contributed by atoms with Gasteiger partial charge in [-0.05, 0) is 12.1 Å². The molecule has 1 rings (SSSR count). The Bertz CT molecular complexity index is 357. The molecule has 0 saturated heterocycles. The summed E-state index contributed by atoms with van der Waals surface area (Å²) in [6, 6.07) is 5.11. The van der Waals surface area contributed by atoms with Crippen LogP contribution in [0.2, 0.25) is 5.02 Å². The fraction of sp³-hybridized carbons (Fsp3) is 0.300. The van der Waals surface area contributed by atoms with Crippen LogP contribution in [0.5, 0.6) is 5.75 Å². The number of methoxy groups -OCH3 is 1. The van der Waals surface area contributed by atoms with Crippen LogP contribution in [0.15, 0.2) is 18.2 Å². The van der Waals surface area contributed by atoms with Crippen molar-refractivity contribution in [3.05, 3.63) is 23.2 Å². The molecular weight excluding hydrogens is 281 g/mol. The fourth-order valence-electron chi connectivity index (χ4n) is 1.03. The van der Waals surface area contributed by atoms with Crippen molar-refractivity contribution in [1.29, 1.82) is 0 Å². The van der Waals surface area contributed by atoms with E-state index in [1.807, 2.05) is 0 Å². The first-order valence-electron chi connectivity index (χ1n) is 4.36. The number of rotatable bonds is 4. The fourth-order valence-corrected chi connectivity index (χ4v) is 1.55. The summed E-state index contributed by atoms with van der Waals surface area (Å²) in [6.45, 7) is 0. The molecule has 5 heteroatoms. The summed E-state index contributed by atoms with van der Waals surface area (Å²) in [5.74, 6) is 0.579. The lowest BCUT2D eigenvalue weighted by Crippen LogP contribution is -2.11. The van der Waals surface area contributed by atoms with E-state index in [4.69, 9.17) is 16.3 Å². The van der Waals surface area contributed by atoms with Gasteiger partial charge in [0.05, 0.1) is 17.8 Å². The molecule has 0 radical (unpaired) electrons. The van der Waals surface area contributed by atoms with Gasteiger partial charge >= 0.3 is 0 Å². The van der Waals surface area contributed by atoms with Crippen molar-refractivity contribution >= 4 is 39.1 Å². The summed E-state index contributed by atoms with van der Waals surface area (Å²) in [7, 11) is 1.56. The number of amides is 1. The lowest BCUT2D eigenvalue weighted by Gasteiger charge is -2.08. The molecule has 1 aromatic carbocycles. The van der Waals surface area contributed by atoms with Crippen LogP contribution in [0.1, 0.15) is 6.42 Å². The van der Waals surface area contributed by atoms with Gasteiger partial charge in [0.1, 0.15) is 5.75 Å². The summed E-state index contributed by atoms with van der Waals surface area (Å²) < 4.78 is 5.03. The van der Waals surface area contributed by atoms with E-state index in [-0.39, 0.29) is 5.91 Å². The zero-order chi connectivity index (χ0) is 11.3. The van der Waals surface area contributed by atoms with Gasteiger partial charge in [0.15, 0.2) is 0 Å². The molecule has 1 N–H and O–H groups in total. The molecular formula is C10H11BrClNO2. The summed E-state index contributed by atoms with van der Waals surface area (Å²) >= 11 is 9.11. The van der Waals surface area contributed by atoms with Gasteiger partial charge in [-0.1, -0.05) is 27.5 Å². The van der Waals surface area contributed by atoms with Crippen LogP contribution in [-0.4, -0.2) is 18.3 Å². The van der Waals surface area contributed by atoms with Crippen molar-refractivity contribution in [2.24, 2.45) is 0 Å². The number of anilines is 1. The second-order valence-electron chi connectivity index (χ2n) is 2.83. The number of hydrogen-bond acceptors (Lipinski definition) is 2. The molecule has 0 atom stereocenters. The average molecular weight is 293 g/mol. The number of alkyl halides is 1. The van der Waals surface area contributed by atoms with Crippen molar-refractivity contribution in [2.75, 3.05) is 17.8 Å². The molecule has 0 aromatic heterocycles. The first-order valence-corrected chi connectivity index (χ1v) is 5.86. The van der Waals surface area contributed by atoms with Gasteiger partial charge in [0.2, 0.25) is 5.91 Å². The second-order valence-corrected chi connectivity index (χ2v) is 4.03. The first kappa shape index (κ1) is 12.3. The number of benzene rings is 1. The normalized spacial score (nSPS) is 9.80. The minimum atomic E-state index is -0.0815. The number of carbonyl (C=O) groups is 1. The highest BCUT2D eigenvalue weighted by Crippen LogP contribution is 2.26. The maximum Gasteiger partial charge on any atom is 0.225 e. The first-order chi connectivity index (χ1) is 7.17. The van der Waals surface area contributed by atoms with Crippen molar-refractivity contribution in [3.8, 4) is 5.75 Å². The molecule has 82 valence electrons. The van der Waals surface area contributed by atoms with Crippen molar-refractivity contribution in [3.63, 3.8) is 0 Å². The topological polar surface area (TPSA) is 38.3 Å². The Labute approximate surface area is 102 Å². The number of hydrogen-bond donors (Lipinski definition) is 1. The minimum absolute atomic E-state index is 0.0815. The molecule has 0 aliphatic rings. The van der Waals surface area contributed by atoms with E-state index >= 15 is 0 Å². The molecule has 0 aliphatic heterocycles.